The quantitative estimate of drug-likeness (QED) is 0.749. The lowest BCUT2D eigenvalue weighted by atomic mass is 10.2. The Morgan fingerprint density at radius 3 is 2.67 bits per heavy atom. The molecular weight excluding hydrogens is 218 g/mol. The number of rotatable bonds is 2. The van der Waals surface area contributed by atoms with Gasteiger partial charge in [-0.1, -0.05) is 11.6 Å². The maximum absolute atomic E-state index is 10.8. The first-order valence-corrected chi connectivity index (χ1v) is 4.23. The van der Waals surface area contributed by atoms with Crippen LogP contribution >= 0.6 is 11.6 Å². The number of carbonyl (C=O) groups is 2. The molecule has 0 aromatic heterocycles. The third kappa shape index (κ3) is 2.73. The summed E-state index contributed by atoms with van der Waals surface area (Å²) < 4.78 is 0. The van der Waals surface area contributed by atoms with E-state index in [1.54, 1.807) is 0 Å². The number of amides is 1. The summed E-state index contributed by atoms with van der Waals surface area (Å²) in [4.78, 5) is 21.5. The number of terminal acetylenes is 1. The summed E-state index contributed by atoms with van der Waals surface area (Å²) in [6.07, 6.45) is 4.84. The molecule has 2 N–H and O–H groups in total. The summed E-state index contributed by atoms with van der Waals surface area (Å²) in [6.45, 7) is 0. The van der Waals surface area contributed by atoms with Gasteiger partial charge in [-0.15, -0.1) is 6.42 Å². The molecule has 1 aromatic rings. The molecule has 76 valence electrons. The molecule has 0 heterocycles. The average Bonchev–Trinajstić information content (AvgIpc) is 2.20. The van der Waals surface area contributed by atoms with Gasteiger partial charge in [0.15, 0.2) is 0 Å². The average molecular weight is 224 g/mol. The van der Waals surface area contributed by atoms with Crippen molar-refractivity contribution in [2.75, 3.05) is 5.32 Å². The lowest BCUT2D eigenvalue weighted by Gasteiger charge is -2.03. The molecule has 1 rings (SSSR count). The standard InChI is InChI=1S/C10H6ClNO3/c1-2-9(13)12-6-3-4-8(11)7(5-6)10(14)15/h1,3-5H,(H,12,13)(H,14,15). The zero-order valence-corrected chi connectivity index (χ0v) is 8.21. The Labute approximate surface area is 90.9 Å². The molecule has 15 heavy (non-hydrogen) atoms. The molecule has 0 saturated heterocycles. The van der Waals surface area contributed by atoms with Gasteiger partial charge < -0.3 is 10.4 Å². The number of carboxylic acids is 1. The van der Waals surface area contributed by atoms with Crippen molar-refractivity contribution in [2.45, 2.75) is 0 Å². The molecule has 5 heteroatoms. The van der Waals surface area contributed by atoms with Crippen molar-refractivity contribution in [3.05, 3.63) is 28.8 Å². The first-order valence-electron chi connectivity index (χ1n) is 3.85. The summed E-state index contributed by atoms with van der Waals surface area (Å²) in [5, 5.41) is 11.2. The minimum absolute atomic E-state index is 0.0912. The second-order valence-electron chi connectivity index (χ2n) is 2.60. The largest absolute Gasteiger partial charge is 0.478 e. The smallest absolute Gasteiger partial charge is 0.337 e. The lowest BCUT2D eigenvalue weighted by molar-refractivity contribution is -0.111. The van der Waals surface area contributed by atoms with E-state index in [2.05, 4.69) is 5.32 Å². The van der Waals surface area contributed by atoms with Crippen molar-refractivity contribution in [1.29, 1.82) is 0 Å². The van der Waals surface area contributed by atoms with Crippen molar-refractivity contribution >= 4 is 29.2 Å². The first kappa shape index (κ1) is 11.1. The number of aromatic carboxylic acids is 1. The number of hydrogen-bond donors (Lipinski definition) is 2. The number of halogens is 1. The maximum Gasteiger partial charge on any atom is 0.337 e. The molecule has 4 nitrogen and oxygen atoms in total. The summed E-state index contributed by atoms with van der Waals surface area (Å²) in [5.41, 5.74) is 0.200. The maximum atomic E-state index is 10.8. The highest BCUT2D eigenvalue weighted by Gasteiger charge is 2.09. The number of carboxylic acid groups (broad SMARTS) is 1. The lowest BCUT2D eigenvalue weighted by Crippen LogP contribution is -2.09. The molecule has 0 aliphatic rings. The van der Waals surface area contributed by atoms with E-state index in [0.29, 0.717) is 5.69 Å². The van der Waals surface area contributed by atoms with Crippen LogP contribution in [-0.4, -0.2) is 17.0 Å². The summed E-state index contributed by atoms with van der Waals surface area (Å²) in [7, 11) is 0. The van der Waals surface area contributed by atoms with Crippen molar-refractivity contribution in [2.24, 2.45) is 0 Å². The van der Waals surface area contributed by atoms with Crippen LogP contribution in [0.1, 0.15) is 10.4 Å². The van der Waals surface area contributed by atoms with Crippen molar-refractivity contribution in [1.82, 2.24) is 0 Å². The fourth-order valence-electron chi connectivity index (χ4n) is 0.934. The Kier molecular flexibility index (Phi) is 3.32. The van der Waals surface area contributed by atoms with Gasteiger partial charge in [0.1, 0.15) is 0 Å². The highest BCUT2D eigenvalue weighted by atomic mass is 35.5. The fraction of sp³-hybridized carbons (Fsp3) is 0. The third-order valence-electron chi connectivity index (χ3n) is 1.59. The van der Waals surface area contributed by atoms with Crippen LogP contribution in [0.2, 0.25) is 5.02 Å². The van der Waals surface area contributed by atoms with Gasteiger partial charge in [0.25, 0.3) is 5.91 Å². The molecular formula is C10H6ClNO3. The first-order chi connectivity index (χ1) is 7.04. The predicted molar refractivity (Wildman–Crippen MR) is 55.9 cm³/mol. The van der Waals surface area contributed by atoms with E-state index in [4.69, 9.17) is 23.1 Å². The molecule has 1 amide bonds. The molecule has 0 atom stereocenters. The molecule has 0 spiro atoms. The fourth-order valence-corrected chi connectivity index (χ4v) is 1.13. The number of nitrogens with one attached hydrogen (secondary N) is 1. The zero-order chi connectivity index (χ0) is 11.4. The molecule has 0 saturated carbocycles. The van der Waals surface area contributed by atoms with E-state index in [9.17, 15) is 9.59 Å². The number of carbonyl (C=O) groups excluding carboxylic acids is 1. The van der Waals surface area contributed by atoms with E-state index in [1.807, 2.05) is 5.92 Å². The van der Waals surface area contributed by atoms with E-state index < -0.39 is 11.9 Å². The van der Waals surface area contributed by atoms with Crippen LogP contribution in [0.25, 0.3) is 0 Å². The molecule has 0 bridgehead atoms. The second kappa shape index (κ2) is 4.49. The Bertz CT molecular complexity index is 462. The number of anilines is 1. The van der Waals surface area contributed by atoms with Crippen LogP contribution < -0.4 is 5.32 Å². The van der Waals surface area contributed by atoms with Gasteiger partial charge >= 0.3 is 5.97 Å². The molecule has 0 aliphatic carbocycles. The summed E-state index contributed by atoms with van der Waals surface area (Å²) in [6, 6.07) is 4.07. The minimum Gasteiger partial charge on any atom is -0.478 e. The Balaban J connectivity index is 3.04. The topological polar surface area (TPSA) is 66.4 Å². The van der Waals surface area contributed by atoms with Gasteiger partial charge in [0.05, 0.1) is 10.6 Å². The summed E-state index contributed by atoms with van der Waals surface area (Å²) in [5.74, 6) is 0.0319. The second-order valence-corrected chi connectivity index (χ2v) is 3.01. The van der Waals surface area contributed by atoms with Crippen LogP contribution in [0.15, 0.2) is 18.2 Å². The molecule has 0 radical (unpaired) electrons. The Morgan fingerprint density at radius 1 is 1.47 bits per heavy atom. The van der Waals surface area contributed by atoms with Crippen LogP contribution in [0, 0.1) is 12.3 Å². The van der Waals surface area contributed by atoms with Gasteiger partial charge in [-0.05, 0) is 24.1 Å². The molecule has 1 aromatic carbocycles. The van der Waals surface area contributed by atoms with E-state index >= 15 is 0 Å². The van der Waals surface area contributed by atoms with Gasteiger partial charge in [-0.2, -0.15) is 0 Å². The summed E-state index contributed by atoms with van der Waals surface area (Å²) >= 11 is 5.63. The van der Waals surface area contributed by atoms with Crippen LogP contribution in [0.4, 0.5) is 5.69 Å². The predicted octanol–water partition coefficient (Wildman–Crippen LogP) is 1.61. The van der Waals surface area contributed by atoms with Gasteiger partial charge in [-0.3, -0.25) is 4.79 Å². The van der Waals surface area contributed by atoms with Gasteiger partial charge in [0.2, 0.25) is 0 Å². The SMILES string of the molecule is C#CC(=O)Nc1ccc(Cl)c(C(=O)O)c1. The van der Waals surface area contributed by atoms with E-state index in [-0.39, 0.29) is 10.6 Å². The normalized spacial score (nSPS) is 9.07. The Morgan fingerprint density at radius 2 is 2.13 bits per heavy atom. The van der Waals surface area contributed by atoms with E-state index in [1.165, 1.54) is 18.2 Å². The van der Waals surface area contributed by atoms with Crippen LogP contribution in [0.5, 0.6) is 0 Å². The molecule has 0 aliphatic heterocycles. The minimum atomic E-state index is -1.17. The number of benzene rings is 1. The highest BCUT2D eigenvalue weighted by molar-refractivity contribution is 6.33. The highest BCUT2D eigenvalue weighted by Crippen LogP contribution is 2.20. The zero-order valence-electron chi connectivity index (χ0n) is 7.45. The Hall–Kier alpha value is -1.99. The third-order valence-corrected chi connectivity index (χ3v) is 1.92. The number of hydrogen-bond acceptors (Lipinski definition) is 2. The van der Waals surface area contributed by atoms with Crippen molar-refractivity contribution in [3.8, 4) is 12.3 Å². The van der Waals surface area contributed by atoms with Crippen LogP contribution in [0.3, 0.4) is 0 Å². The van der Waals surface area contributed by atoms with Gasteiger partial charge in [0, 0.05) is 5.69 Å². The van der Waals surface area contributed by atoms with Crippen molar-refractivity contribution < 1.29 is 14.7 Å². The van der Waals surface area contributed by atoms with Crippen LogP contribution in [-0.2, 0) is 4.79 Å². The van der Waals surface area contributed by atoms with Crippen molar-refractivity contribution in [3.63, 3.8) is 0 Å². The molecule has 0 unspecified atom stereocenters. The van der Waals surface area contributed by atoms with Gasteiger partial charge in [-0.25, -0.2) is 4.79 Å². The molecule has 0 fully saturated rings. The monoisotopic (exact) mass is 223 g/mol. The van der Waals surface area contributed by atoms with E-state index in [0.717, 1.165) is 0 Å².